The van der Waals surface area contributed by atoms with E-state index < -0.39 is 62.6 Å². The molecule has 0 aromatic heterocycles. The van der Waals surface area contributed by atoms with Gasteiger partial charge in [-0.15, -0.1) is 0 Å². The van der Waals surface area contributed by atoms with Gasteiger partial charge in [0.15, 0.2) is 0 Å². The van der Waals surface area contributed by atoms with E-state index in [0.717, 1.165) is 9.80 Å². The van der Waals surface area contributed by atoms with Gasteiger partial charge in [-0.05, 0) is 0 Å². The Kier molecular flexibility index (Phi) is 15.4. The second-order valence-corrected chi connectivity index (χ2v) is 5.67. The van der Waals surface area contributed by atoms with E-state index in [9.17, 15) is 24.0 Å². The Hall–Kier alpha value is -1.77. The molecule has 0 saturated carbocycles. The molecule has 14 heteroatoms. The zero-order chi connectivity index (χ0) is 21.0. The summed E-state index contributed by atoms with van der Waals surface area (Å²) < 4.78 is 0. The average Bonchev–Trinajstić information content (AvgIpc) is 2.46. The van der Waals surface area contributed by atoms with Gasteiger partial charge in [0.25, 0.3) is 0 Å². The maximum atomic E-state index is 11.0. The summed E-state index contributed by atoms with van der Waals surface area (Å²) in [5.74, 6) is -6.16. The molecule has 0 rings (SSSR count). The van der Waals surface area contributed by atoms with E-state index in [-0.39, 0.29) is 55.7 Å². The molecule has 0 fully saturated rings. The minimum atomic E-state index is -1.24. The van der Waals surface area contributed by atoms with Crippen molar-refractivity contribution in [2.24, 2.45) is 0 Å². The predicted octanol–water partition coefficient (Wildman–Crippen LogP) is -3.33. The maximum absolute atomic E-state index is 11.0. The fourth-order valence-corrected chi connectivity index (χ4v) is 2.22. The molecule has 0 aromatic rings. The third-order valence-corrected chi connectivity index (χ3v) is 3.26. The summed E-state index contributed by atoms with van der Waals surface area (Å²) in [7, 11) is 0. The minimum absolute atomic E-state index is 0. The van der Waals surface area contributed by atoms with Gasteiger partial charge in [0.05, 0.1) is 32.7 Å². The number of carbonyl (C=O) groups is 5. The van der Waals surface area contributed by atoms with Crippen molar-refractivity contribution in [3.63, 3.8) is 0 Å². The third kappa shape index (κ3) is 16.4. The quantitative estimate of drug-likeness (QED) is 0.156. The Morgan fingerprint density at radius 2 is 0.607 bits per heavy atom. The van der Waals surface area contributed by atoms with E-state index in [2.05, 4.69) is 0 Å². The van der Waals surface area contributed by atoms with Crippen LogP contribution in [0.2, 0.25) is 0 Å². The van der Waals surface area contributed by atoms with Gasteiger partial charge in [-0.25, -0.2) is 0 Å². The standard InChI is InChI=1S/C14H23N3O10.Na.H/c18-10(19)5-15(1-3-16(6-11(20)21)7-12(22)23)2-4-17(8-13(24)25)9-14(26)27;;/h1-9H2,(H,18,19)(H,20,21)(H,22,23)(H,24,25)(H,26,27);;. The van der Waals surface area contributed by atoms with Crippen LogP contribution in [0.25, 0.3) is 0 Å². The molecule has 0 aliphatic heterocycles. The van der Waals surface area contributed by atoms with Crippen molar-refractivity contribution in [1.82, 2.24) is 14.7 Å². The first-order valence-corrected chi connectivity index (χ1v) is 7.75. The van der Waals surface area contributed by atoms with Crippen LogP contribution in [0.5, 0.6) is 0 Å². The van der Waals surface area contributed by atoms with Gasteiger partial charge in [0.2, 0.25) is 0 Å². The molecular weight excluding hydrogens is 393 g/mol. The Labute approximate surface area is 182 Å². The molecule has 0 unspecified atom stereocenters. The van der Waals surface area contributed by atoms with E-state index in [0.29, 0.717) is 0 Å². The second-order valence-electron chi connectivity index (χ2n) is 5.67. The molecule has 0 saturated heterocycles. The number of hydrogen-bond donors (Lipinski definition) is 5. The fourth-order valence-electron chi connectivity index (χ4n) is 2.22. The van der Waals surface area contributed by atoms with Crippen LogP contribution < -0.4 is 0 Å². The van der Waals surface area contributed by atoms with E-state index in [1.54, 1.807) is 0 Å². The average molecular weight is 417 g/mol. The fraction of sp³-hybridized carbons (Fsp3) is 0.643. The molecule has 0 heterocycles. The van der Waals surface area contributed by atoms with Crippen LogP contribution >= 0.6 is 0 Å². The van der Waals surface area contributed by atoms with Crippen LogP contribution in [0, 0.1) is 0 Å². The summed E-state index contributed by atoms with van der Waals surface area (Å²) >= 11 is 0. The van der Waals surface area contributed by atoms with Gasteiger partial charge in [-0.3, -0.25) is 38.7 Å². The molecule has 0 aliphatic rings. The second kappa shape index (κ2) is 15.2. The predicted molar refractivity (Wildman–Crippen MR) is 94.6 cm³/mol. The van der Waals surface area contributed by atoms with Crippen LogP contribution in [-0.2, 0) is 24.0 Å². The van der Waals surface area contributed by atoms with Crippen LogP contribution in [0.1, 0.15) is 0 Å². The molecule has 0 aliphatic carbocycles. The molecule has 0 atom stereocenters. The first-order chi connectivity index (χ1) is 12.5. The van der Waals surface area contributed by atoms with Crippen molar-refractivity contribution in [2.75, 3.05) is 58.9 Å². The van der Waals surface area contributed by atoms with Gasteiger partial charge in [-0.1, -0.05) is 0 Å². The number of aliphatic carboxylic acids is 5. The molecule has 0 spiro atoms. The Morgan fingerprint density at radius 1 is 0.429 bits per heavy atom. The van der Waals surface area contributed by atoms with Gasteiger partial charge < -0.3 is 25.5 Å². The Balaban J connectivity index is 0. The van der Waals surface area contributed by atoms with Crippen LogP contribution in [0.3, 0.4) is 0 Å². The van der Waals surface area contributed by atoms with Gasteiger partial charge in [0.1, 0.15) is 0 Å². The summed E-state index contributed by atoms with van der Waals surface area (Å²) in [6.45, 7) is -2.74. The first kappa shape index (κ1) is 28.4. The van der Waals surface area contributed by atoms with Crippen LogP contribution in [-0.4, -0.2) is 159 Å². The number of carboxylic acids is 5. The third-order valence-electron chi connectivity index (χ3n) is 3.26. The van der Waals surface area contributed by atoms with Crippen LogP contribution in [0.15, 0.2) is 0 Å². The van der Waals surface area contributed by atoms with E-state index in [1.165, 1.54) is 4.90 Å². The number of carboxylic acid groups (broad SMARTS) is 5. The van der Waals surface area contributed by atoms with Gasteiger partial charge in [0, 0.05) is 26.2 Å². The number of hydrogen-bond acceptors (Lipinski definition) is 8. The molecule has 28 heavy (non-hydrogen) atoms. The summed E-state index contributed by atoms with van der Waals surface area (Å²) in [5.41, 5.74) is 0. The molecule has 0 radical (unpaired) electrons. The van der Waals surface area contributed by atoms with Crippen molar-refractivity contribution in [3.8, 4) is 0 Å². The molecule has 5 N–H and O–H groups in total. The number of rotatable bonds is 16. The SMILES string of the molecule is O=C(O)CN(CCN(CC(=O)O)CC(=O)O)CCN(CC(=O)O)CC(=O)O.[NaH]. The van der Waals surface area contributed by atoms with Gasteiger partial charge in [-0.2, -0.15) is 0 Å². The van der Waals surface area contributed by atoms with Gasteiger partial charge >= 0.3 is 59.4 Å². The number of nitrogens with zero attached hydrogens (tertiary/aromatic N) is 3. The first-order valence-electron chi connectivity index (χ1n) is 7.75. The normalized spacial score (nSPS) is 10.7. The molecule has 0 bridgehead atoms. The molecule has 13 nitrogen and oxygen atoms in total. The van der Waals surface area contributed by atoms with Crippen molar-refractivity contribution in [1.29, 1.82) is 0 Å². The monoisotopic (exact) mass is 417 g/mol. The van der Waals surface area contributed by atoms with E-state index in [1.807, 2.05) is 0 Å². The van der Waals surface area contributed by atoms with Crippen molar-refractivity contribution >= 4 is 59.4 Å². The molecular formula is C14H24N3NaO10. The summed E-state index contributed by atoms with van der Waals surface area (Å²) in [5, 5.41) is 44.1. The topological polar surface area (TPSA) is 196 Å². The summed E-state index contributed by atoms with van der Waals surface area (Å²) in [4.78, 5) is 57.6. The zero-order valence-electron chi connectivity index (χ0n) is 14.5. The molecule has 0 aromatic carbocycles. The summed E-state index contributed by atoms with van der Waals surface area (Å²) in [6.07, 6.45) is 0. The zero-order valence-corrected chi connectivity index (χ0v) is 14.5. The summed E-state index contributed by atoms with van der Waals surface area (Å²) in [6, 6.07) is 0. The van der Waals surface area contributed by atoms with Crippen LogP contribution in [0.4, 0.5) is 0 Å². The van der Waals surface area contributed by atoms with Crippen molar-refractivity contribution < 1.29 is 49.5 Å². The Morgan fingerprint density at radius 3 is 0.821 bits per heavy atom. The van der Waals surface area contributed by atoms with E-state index in [4.69, 9.17) is 25.5 Å². The van der Waals surface area contributed by atoms with Crippen molar-refractivity contribution in [3.05, 3.63) is 0 Å². The molecule has 156 valence electrons. The van der Waals surface area contributed by atoms with Crippen molar-refractivity contribution in [2.45, 2.75) is 0 Å². The molecule has 0 amide bonds. The van der Waals surface area contributed by atoms with E-state index >= 15 is 0 Å². The Bertz CT molecular complexity index is 487.